The van der Waals surface area contributed by atoms with E-state index in [0.717, 1.165) is 0 Å². The summed E-state index contributed by atoms with van der Waals surface area (Å²) in [5.74, 6) is 0.642. The highest BCUT2D eigenvalue weighted by molar-refractivity contribution is 5.69. The zero-order valence-corrected chi connectivity index (χ0v) is 13.1. The third-order valence-electron chi connectivity index (χ3n) is 4.73. The van der Waals surface area contributed by atoms with Crippen molar-refractivity contribution < 1.29 is 13.9 Å². The predicted molar refractivity (Wildman–Crippen MR) is 76.1 cm³/mol. The second kappa shape index (κ2) is 4.86. The number of hydrogen-bond acceptors (Lipinski definition) is 3. The molecule has 2 rings (SSSR count). The van der Waals surface area contributed by atoms with E-state index < -0.39 is 17.9 Å². The zero-order chi connectivity index (χ0) is 15.3. The largest absolute Gasteiger partial charge is 0.444 e. The van der Waals surface area contributed by atoms with Crippen molar-refractivity contribution in [3.05, 3.63) is 0 Å². The molecule has 1 saturated carbocycles. The van der Waals surface area contributed by atoms with Crippen molar-refractivity contribution in [3.8, 4) is 0 Å². The molecule has 1 aliphatic heterocycles. The molecular weight excluding hydrogens is 259 g/mol. The number of nitrogens with zero attached hydrogens (tertiary/aromatic N) is 1. The Morgan fingerprint density at radius 3 is 2.50 bits per heavy atom. The maximum absolute atomic E-state index is 13.8. The topological polar surface area (TPSA) is 55.6 Å². The summed E-state index contributed by atoms with van der Waals surface area (Å²) >= 11 is 0. The molecule has 1 unspecified atom stereocenters. The number of nitrogens with two attached hydrogens (primary N) is 1. The minimum atomic E-state index is -0.956. The Balaban J connectivity index is 2.10. The lowest BCUT2D eigenvalue weighted by atomic mass is 10.0. The summed E-state index contributed by atoms with van der Waals surface area (Å²) < 4.78 is 19.2. The van der Waals surface area contributed by atoms with E-state index >= 15 is 0 Å². The van der Waals surface area contributed by atoms with Crippen LogP contribution in [0.1, 0.15) is 41.0 Å². The normalized spacial score (nSPS) is 36.0. The number of alkyl halides is 1. The molecule has 0 radical (unpaired) electrons. The third-order valence-corrected chi connectivity index (χ3v) is 4.73. The molecule has 2 fully saturated rings. The number of ether oxygens (including phenoxy) is 1. The lowest BCUT2D eigenvalue weighted by Crippen LogP contribution is -2.41. The highest BCUT2D eigenvalue weighted by atomic mass is 19.1. The fourth-order valence-electron chi connectivity index (χ4n) is 3.68. The summed E-state index contributed by atoms with van der Waals surface area (Å²) in [7, 11) is 0. The van der Waals surface area contributed by atoms with Crippen LogP contribution in [0.15, 0.2) is 0 Å². The summed E-state index contributed by atoms with van der Waals surface area (Å²) in [5.41, 5.74) is 5.33. The van der Waals surface area contributed by atoms with Gasteiger partial charge in [-0.05, 0) is 44.6 Å². The van der Waals surface area contributed by atoms with Gasteiger partial charge in [-0.2, -0.15) is 0 Å². The van der Waals surface area contributed by atoms with Crippen LogP contribution in [0.2, 0.25) is 0 Å². The Morgan fingerprint density at radius 2 is 2.05 bits per heavy atom. The van der Waals surface area contributed by atoms with Crippen LogP contribution in [-0.4, -0.2) is 41.9 Å². The van der Waals surface area contributed by atoms with Gasteiger partial charge in [-0.3, -0.25) is 0 Å². The molecule has 2 N–H and O–H groups in total. The molecule has 0 bridgehead atoms. The quantitative estimate of drug-likeness (QED) is 0.849. The van der Waals surface area contributed by atoms with E-state index in [1.807, 2.05) is 20.8 Å². The summed E-state index contributed by atoms with van der Waals surface area (Å²) in [5, 5.41) is 0. The first-order chi connectivity index (χ1) is 9.08. The van der Waals surface area contributed by atoms with Crippen molar-refractivity contribution in [2.75, 3.05) is 13.1 Å². The standard InChI is InChI=1S/C15H27FN2O2/c1-14(2,3)20-13(19)18-8-9(16)6-11(18)12-10(7-17)15(12,4)5/h9-12H,6-8,17H2,1-5H3/t9-,10+,11?,12-/m0/s1. The van der Waals surface area contributed by atoms with E-state index in [0.29, 0.717) is 18.9 Å². The Hall–Kier alpha value is -0.840. The highest BCUT2D eigenvalue weighted by Gasteiger charge is 2.63. The maximum atomic E-state index is 13.8. The van der Waals surface area contributed by atoms with Crippen LogP contribution in [0.3, 0.4) is 0 Å². The first-order valence-corrected chi connectivity index (χ1v) is 7.41. The Morgan fingerprint density at radius 1 is 1.45 bits per heavy atom. The van der Waals surface area contributed by atoms with Gasteiger partial charge in [-0.25, -0.2) is 9.18 Å². The Bertz CT molecular complexity index is 392. The number of carbonyl (C=O) groups is 1. The fourth-order valence-corrected chi connectivity index (χ4v) is 3.68. The van der Waals surface area contributed by atoms with Crippen LogP contribution in [0.25, 0.3) is 0 Å². The van der Waals surface area contributed by atoms with E-state index in [9.17, 15) is 9.18 Å². The molecule has 1 heterocycles. The number of rotatable bonds is 2. The maximum Gasteiger partial charge on any atom is 0.410 e. The van der Waals surface area contributed by atoms with E-state index in [1.165, 1.54) is 0 Å². The third kappa shape index (κ3) is 2.78. The average molecular weight is 286 g/mol. The summed E-state index contributed by atoms with van der Waals surface area (Å²) in [6, 6.07) is -0.0802. The van der Waals surface area contributed by atoms with E-state index in [2.05, 4.69) is 13.8 Å². The number of hydrogen-bond donors (Lipinski definition) is 1. The predicted octanol–water partition coefficient (Wildman–Crippen LogP) is 2.56. The molecule has 5 heteroatoms. The van der Waals surface area contributed by atoms with Crippen molar-refractivity contribution in [3.63, 3.8) is 0 Å². The van der Waals surface area contributed by atoms with Crippen molar-refractivity contribution in [2.24, 2.45) is 23.0 Å². The first-order valence-electron chi connectivity index (χ1n) is 7.41. The summed E-state index contributed by atoms with van der Waals surface area (Å²) in [4.78, 5) is 13.8. The van der Waals surface area contributed by atoms with E-state index in [4.69, 9.17) is 10.5 Å². The minimum Gasteiger partial charge on any atom is -0.444 e. The van der Waals surface area contributed by atoms with Crippen molar-refractivity contribution in [2.45, 2.75) is 58.9 Å². The van der Waals surface area contributed by atoms with Gasteiger partial charge in [0.2, 0.25) is 0 Å². The Kier molecular flexibility index (Phi) is 3.78. The average Bonchev–Trinajstić information content (AvgIpc) is 2.62. The molecule has 0 aromatic rings. The second-order valence-corrected chi connectivity index (χ2v) is 7.72. The summed E-state index contributed by atoms with van der Waals surface area (Å²) in [6.45, 7) is 10.5. The molecule has 0 spiro atoms. The minimum absolute atomic E-state index is 0.0802. The van der Waals surface area contributed by atoms with Gasteiger partial charge in [0.1, 0.15) is 11.8 Å². The SMILES string of the molecule is CC(C)(C)OC(=O)N1C[C@@H](F)CC1[C@@H]1[C@@H](CN)C1(C)C. The van der Waals surface area contributed by atoms with Gasteiger partial charge in [0.05, 0.1) is 6.54 Å². The smallest absolute Gasteiger partial charge is 0.410 e. The van der Waals surface area contributed by atoms with Gasteiger partial charge >= 0.3 is 6.09 Å². The number of likely N-dealkylation sites (tertiary alicyclic amines) is 1. The lowest BCUT2D eigenvalue weighted by molar-refractivity contribution is 0.0192. The molecule has 2 aliphatic rings. The van der Waals surface area contributed by atoms with E-state index in [1.54, 1.807) is 4.90 Å². The molecule has 4 nitrogen and oxygen atoms in total. The lowest BCUT2D eigenvalue weighted by Gasteiger charge is -2.29. The van der Waals surface area contributed by atoms with Crippen molar-refractivity contribution in [1.29, 1.82) is 0 Å². The van der Waals surface area contributed by atoms with Crippen LogP contribution >= 0.6 is 0 Å². The highest BCUT2D eigenvalue weighted by Crippen LogP contribution is 2.61. The molecule has 1 saturated heterocycles. The molecule has 4 atom stereocenters. The van der Waals surface area contributed by atoms with Gasteiger partial charge in [0.25, 0.3) is 0 Å². The van der Waals surface area contributed by atoms with Crippen LogP contribution in [0, 0.1) is 17.3 Å². The van der Waals surface area contributed by atoms with Gasteiger partial charge in [-0.1, -0.05) is 13.8 Å². The van der Waals surface area contributed by atoms with Gasteiger partial charge in [-0.15, -0.1) is 0 Å². The van der Waals surface area contributed by atoms with Crippen molar-refractivity contribution in [1.82, 2.24) is 4.90 Å². The van der Waals surface area contributed by atoms with E-state index in [-0.39, 0.29) is 23.9 Å². The molecule has 116 valence electrons. The molecule has 1 aliphatic carbocycles. The molecule has 0 aromatic heterocycles. The molecule has 1 amide bonds. The Labute approximate surface area is 120 Å². The first kappa shape index (κ1) is 15.5. The number of carbonyl (C=O) groups excluding carboxylic acids is 1. The van der Waals surface area contributed by atoms with Crippen LogP contribution in [0.4, 0.5) is 9.18 Å². The number of halogens is 1. The molecule has 0 aromatic carbocycles. The van der Waals surface area contributed by atoms with Gasteiger partial charge in [0.15, 0.2) is 0 Å². The number of amides is 1. The van der Waals surface area contributed by atoms with Crippen LogP contribution in [-0.2, 0) is 4.74 Å². The van der Waals surface area contributed by atoms with Crippen LogP contribution < -0.4 is 5.73 Å². The van der Waals surface area contributed by atoms with Gasteiger partial charge < -0.3 is 15.4 Å². The fraction of sp³-hybridized carbons (Fsp3) is 0.933. The van der Waals surface area contributed by atoms with Crippen molar-refractivity contribution >= 4 is 6.09 Å². The van der Waals surface area contributed by atoms with Crippen LogP contribution in [0.5, 0.6) is 0 Å². The van der Waals surface area contributed by atoms with Gasteiger partial charge in [0, 0.05) is 12.5 Å². The zero-order valence-electron chi connectivity index (χ0n) is 13.1. The molecular formula is C15H27FN2O2. The summed E-state index contributed by atoms with van der Waals surface area (Å²) in [6.07, 6.45) is -0.951. The second-order valence-electron chi connectivity index (χ2n) is 7.72. The molecule has 20 heavy (non-hydrogen) atoms. The monoisotopic (exact) mass is 286 g/mol.